The maximum absolute atomic E-state index is 13.7. The minimum Gasteiger partial charge on any atom is -0.481 e. The Morgan fingerprint density at radius 2 is 1.64 bits per heavy atom. The first-order valence-electron chi connectivity index (χ1n) is 12.8. The molecule has 0 bridgehead atoms. The number of fused-ring (bicyclic) bond motifs is 1. The van der Waals surface area contributed by atoms with Crippen molar-refractivity contribution >= 4 is 11.9 Å². The number of carboxylic acid groups (broad SMARTS) is 1. The van der Waals surface area contributed by atoms with Crippen LogP contribution in [0.1, 0.15) is 62.6 Å². The highest BCUT2D eigenvalue weighted by Crippen LogP contribution is 2.47. The molecule has 3 atom stereocenters. The summed E-state index contributed by atoms with van der Waals surface area (Å²) in [6.45, 7) is 6.22. The van der Waals surface area contributed by atoms with Crippen molar-refractivity contribution in [1.29, 1.82) is 0 Å². The fourth-order valence-corrected chi connectivity index (χ4v) is 5.26. The molecule has 8 heteroatoms. The molecule has 0 saturated carbocycles. The highest BCUT2D eigenvalue weighted by molar-refractivity contribution is 5.79. The van der Waals surface area contributed by atoms with Gasteiger partial charge in [-0.25, -0.2) is 4.39 Å². The number of carbonyl (C=O) groups excluding carboxylic acids is 1. The van der Waals surface area contributed by atoms with Crippen LogP contribution in [0.2, 0.25) is 0 Å². The predicted molar refractivity (Wildman–Crippen MR) is 134 cm³/mol. The van der Waals surface area contributed by atoms with E-state index in [2.05, 4.69) is 13.8 Å². The Kier molecular flexibility index (Phi) is 8.46. The number of rotatable bonds is 11. The van der Waals surface area contributed by atoms with Gasteiger partial charge in [0.15, 0.2) is 11.5 Å². The van der Waals surface area contributed by atoms with Gasteiger partial charge in [0.05, 0.1) is 12.5 Å². The Morgan fingerprint density at radius 3 is 2.28 bits per heavy atom. The number of carboxylic acids is 1. The van der Waals surface area contributed by atoms with E-state index >= 15 is 0 Å². The van der Waals surface area contributed by atoms with Crippen LogP contribution in [0.4, 0.5) is 4.39 Å². The SMILES string of the molecule is CCCCN(CCCC)C(=O)CN1C[C@H](c2ccc3c(c2)OCO3)[C@H](C(=O)O)[C@H]1c1ccc(F)cc1. The zero-order valence-corrected chi connectivity index (χ0v) is 21.0. The van der Waals surface area contributed by atoms with Crippen LogP contribution in [-0.4, -0.2) is 59.8 Å². The van der Waals surface area contributed by atoms with Gasteiger partial charge in [-0.3, -0.25) is 14.5 Å². The molecule has 0 aromatic heterocycles. The minimum absolute atomic E-state index is 0.000475. The van der Waals surface area contributed by atoms with E-state index in [0.29, 0.717) is 36.7 Å². The maximum atomic E-state index is 13.7. The Morgan fingerprint density at radius 1 is 1.00 bits per heavy atom. The highest BCUT2D eigenvalue weighted by atomic mass is 19.1. The number of benzene rings is 2. The third-order valence-electron chi connectivity index (χ3n) is 7.17. The lowest BCUT2D eigenvalue weighted by molar-refractivity contribution is -0.144. The van der Waals surface area contributed by atoms with Crippen molar-refractivity contribution in [2.45, 2.75) is 51.5 Å². The van der Waals surface area contributed by atoms with E-state index < -0.39 is 17.9 Å². The van der Waals surface area contributed by atoms with E-state index in [0.717, 1.165) is 31.2 Å². The average Bonchev–Trinajstić information content (AvgIpc) is 3.49. The fraction of sp³-hybridized carbons (Fsp3) is 0.500. The number of nitrogens with zero attached hydrogens (tertiary/aromatic N) is 2. The first-order valence-corrected chi connectivity index (χ1v) is 12.8. The fourth-order valence-electron chi connectivity index (χ4n) is 5.26. The smallest absolute Gasteiger partial charge is 0.309 e. The van der Waals surface area contributed by atoms with Crippen molar-refractivity contribution in [2.75, 3.05) is 33.0 Å². The zero-order valence-electron chi connectivity index (χ0n) is 21.0. The third-order valence-corrected chi connectivity index (χ3v) is 7.17. The summed E-state index contributed by atoms with van der Waals surface area (Å²) in [6, 6.07) is 10.9. The van der Waals surface area contributed by atoms with Crippen LogP contribution < -0.4 is 9.47 Å². The molecule has 0 aliphatic carbocycles. The topological polar surface area (TPSA) is 79.3 Å². The number of ether oxygens (including phenoxy) is 2. The molecule has 1 saturated heterocycles. The van der Waals surface area contributed by atoms with E-state index in [1.54, 1.807) is 18.2 Å². The summed E-state index contributed by atoms with van der Waals surface area (Å²) in [5.41, 5.74) is 1.51. The summed E-state index contributed by atoms with van der Waals surface area (Å²) in [5.74, 6) is -1.30. The minimum atomic E-state index is -0.948. The molecule has 1 amide bonds. The number of aliphatic carboxylic acids is 1. The van der Waals surface area contributed by atoms with Crippen LogP contribution in [0.5, 0.6) is 11.5 Å². The van der Waals surface area contributed by atoms with E-state index in [-0.39, 0.29) is 31.0 Å². The van der Waals surface area contributed by atoms with Gasteiger partial charge in [-0.15, -0.1) is 0 Å². The Hall–Kier alpha value is -3.13. The summed E-state index contributed by atoms with van der Waals surface area (Å²) in [6.07, 6.45) is 3.83. The molecule has 36 heavy (non-hydrogen) atoms. The summed E-state index contributed by atoms with van der Waals surface area (Å²) >= 11 is 0. The second kappa shape index (κ2) is 11.7. The number of halogens is 1. The van der Waals surface area contributed by atoms with E-state index in [4.69, 9.17) is 9.47 Å². The van der Waals surface area contributed by atoms with Gasteiger partial charge in [0.2, 0.25) is 12.7 Å². The van der Waals surface area contributed by atoms with Crippen molar-refractivity contribution in [3.05, 3.63) is 59.4 Å². The maximum Gasteiger partial charge on any atom is 0.309 e. The van der Waals surface area contributed by atoms with Crippen LogP contribution in [0.25, 0.3) is 0 Å². The molecule has 7 nitrogen and oxygen atoms in total. The molecule has 194 valence electrons. The first kappa shape index (κ1) is 25.9. The van der Waals surface area contributed by atoms with Crippen LogP contribution in [0.3, 0.4) is 0 Å². The largest absolute Gasteiger partial charge is 0.481 e. The number of hydrogen-bond acceptors (Lipinski definition) is 5. The standard InChI is InChI=1S/C28H35FN2O5/c1-3-5-13-30(14-6-4-2)25(32)17-31-16-22(20-9-12-23-24(15-20)36-18-35-23)26(28(33)34)27(31)19-7-10-21(29)11-8-19/h7-12,15,22,26-27H,3-6,13-14,16-18H2,1-2H3,(H,33,34)/t22-,26+,27-/m1/s1. The lowest BCUT2D eigenvalue weighted by Crippen LogP contribution is -2.42. The normalized spacial score (nSPS) is 21.0. The van der Waals surface area contributed by atoms with Gasteiger partial charge >= 0.3 is 5.97 Å². The highest BCUT2D eigenvalue weighted by Gasteiger charge is 2.48. The second-order valence-corrected chi connectivity index (χ2v) is 9.60. The lowest BCUT2D eigenvalue weighted by Gasteiger charge is -2.30. The summed E-state index contributed by atoms with van der Waals surface area (Å²) in [5, 5.41) is 10.4. The van der Waals surface area contributed by atoms with Crippen molar-refractivity contribution < 1.29 is 28.6 Å². The van der Waals surface area contributed by atoms with E-state index in [1.807, 2.05) is 21.9 Å². The van der Waals surface area contributed by atoms with Gasteiger partial charge in [-0.05, 0) is 48.2 Å². The molecular weight excluding hydrogens is 463 g/mol. The molecule has 2 heterocycles. The van der Waals surface area contributed by atoms with Crippen LogP contribution in [-0.2, 0) is 9.59 Å². The van der Waals surface area contributed by atoms with Gasteiger partial charge in [-0.1, -0.05) is 44.9 Å². The molecule has 0 unspecified atom stereocenters. The number of hydrogen-bond donors (Lipinski definition) is 1. The van der Waals surface area contributed by atoms with Gasteiger partial charge in [-0.2, -0.15) is 0 Å². The van der Waals surface area contributed by atoms with Crippen LogP contribution in [0, 0.1) is 11.7 Å². The van der Waals surface area contributed by atoms with Gasteiger partial charge in [0.1, 0.15) is 5.82 Å². The summed E-state index contributed by atoms with van der Waals surface area (Å²) in [7, 11) is 0. The molecule has 1 N–H and O–H groups in total. The first-order chi connectivity index (χ1) is 17.4. The Labute approximate surface area is 211 Å². The predicted octanol–water partition coefficient (Wildman–Crippen LogP) is 4.82. The zero-order chi connectivity index (χ0) is 25.7. The van der Waals surface area contributed by atoms with E-state index in [1.165, 1.54) is 12.1 Å². The van der Waals surface area contributed by atoms with Crippen LogP contribution in [0.15, 0.2) is 42.5 Å². The number of likely N-dealkylation sites (tertiary alicyclic amines) is 1. The monoisotopic (exact) mass is 498 g/mol. The van der Waals surface area contributed by atoms with Gasteiger partial charge < -0.3 is 19.5 Å². The molecule has 2 aromatic carbocycles. The molecular formula is C28H35FN2O5. The van der Waals surface area contributed by atoms with Crippen LogP contribution >= 0.6 is 0 Å². The Balaban J connectivity index is 1.66. The third kappa shape index (κ3) is 5.64. The molecule has 4 rings (SSSR count). The molecule has 1 fully saturated rings. The number of unbranched alkanes of at least 4 members (excludes halogenated alkanes) is 2. The average molecular weight is 499 g/mol. The molecule has 0 spiro atoms. The molecule has 2 aliphatic rings. The summed E-state index contributed by atoms with van der Waals surface area (Å²) in [4.78, 5) is 30.0. The second-order valence-electron chi connectivity index (χ2n) is 9.60. The van der Waals surface area contributed by atoms with Crippen molar-refractivity contribution in [3.8, 4) is 11.5 Å². The summed E-state index contributed by atoms with van der Waals surface area (Å²) < 4.78 is 24.7. The molecule has 2 aromatic rings. The number of carbonyl (C=O) groups is 2. The Bertz CT molecular complexity index is 1050. The lowest BCUT2D eigenvalue weighted by atomic mass is 9.83. The van der Waals surface area contributed by atoms with Crippen molar-refractivity contribution in [1.82, 2.24) is 9.80 Å². The molecule has 2 aliphatic heterocycles. The van der Waals surface area contributed by atoms with Crippen molar-refractivity contribution in [2.24, 2.45) is 5.92 Å². The van der Waals surface area contributed by atoms with Gasteiger partial charge in [0, 0.05) is 31.6 Å². The van der Waals surface area contributed by atoms with E-state index in [9.17, 15) is 19.1 Å². The van der Waals surface area contributed by atoms with Gasteiger partial charge in [0.25, 0.3) is 0 Å². The molecule has 0 radical (unpaired) electrons. The quantitative estimate of drug-likeness (QED) is 0.478. The van der Waals surface area contributed by atoms with Crippen molar-refractivity contribution in [3.63, 3.8) is 0 Å². The number of amides is 1.